The van der Waals surface area contributed by atoms with Gasteiger partial charge in [-0.2, -0.15) is 0 Å². The van der Waals surface area contributed by atoms with E-state index in [2.05, 4.69) is 39.1 Å². The van der Waals surface area contributed by atoms with Gasteiger partial charge in [-0.15, -0.1) is 0 Å². The summed E-state index contributed by atoms with van der Waals surface area (Å²) in [5.74, 6) is 1.09. The SMILES string of the molecule is c1ccc2c(c1)CCCN2c1cnc[nH]1. The number of nitrogens with zero attached hydrogens (tertiary/aromatic N) is 2. The van der Waals surface area contributed by atoms with E-state index in [1.54, 1.807) is 6.33 Å². The molecule has 3 rings (SSSR count). The number of aromatic amines is 1. The number of H-pyrrole nitrogens is 1. The van der Waals surface area contributed by atoms with Crippen molar-refractivity contribution in [2.75, 3.05) is 11.4 Å². The third-order valence-electron chi connectivity index (χ3n) is 2.88. The Morgan fingerprint density at radius 2 is 2.20 bits per heavy atom. The third kappa shape index (κ3) is 1.40. The first-order valence-corrected chi connectivity index (χ1v) is 5.29. The first-order valence-electron chi connectivity index (χ1n) is 5.29. The molecule has 0 fully saturated rings. The average molecular weight is 199 g/mol. The predicted octanol–water partition coefficient (Wildman–Crippen LogP) is 2.49. The summed E-state index contributed by atoms with van der Waals surface area (Å²) in [6.45, 7) is 1.07. The van der Waals surface area contributed by atoms with Gasteiger partial charge < -0.3 is 9.88 Å². The fourth-order valence-corrected chi connectivity index (χ4v) is 2.18. The number of rotatable bonds is 1. The molecule has 2 heterocycles. The molecule has 2 aromatic rings. The van der Waals surface area contributed by atoms with Crippen molar-refractivity contribution < 1.29 is 0 Å². The van der Waals surface area contributed by atoms with Crippen LogP contribution in [0.15, 0.2) is 36.8 Å². The van der Waals surface area contributed by atoms with Crippen LogP contribution in [0.1, 0.15) is 12.0 Å². The lowest BCUT2D eigenvalue weighted by Gasteiger charge is -2.29. The maximum Gasteiger partial charge on any atom is 0.130 e. The highest BCUT2D eigenvalue weighted by atomic mass is 15.2. The zero-order valence-electron chi connectivity index (χ0n) is 8.48. The smallest absolute Gasteiger partial charge is 0.130 e. The van der Waals surface area contributed by atoms with Crippen LogP contribution in [-0.2, 0) is 6.42 Å². The average Bonchev–Trinajstić information content (AvgIpc) is 2.82. The van der Waals surface area contributed by atoms with E-state index < -0.39 is 0 Å². The molecule has 0 radical (unpaired) electrons. The van der Waals surface area contributed by atoms with E-state index in [-0.39, 0.29) is 0 Å². The van der Waals surface area contributed by atoms with E-state index in [0.29, 0.717) is 0 Å². The van der Waals surface area contributed by atoms with Gasteiger partial charge in [0.15, 0.2) is 0 Å². The Morgan fingerprint density at radius 3 is 3.07 bits per heavy atom. The topological polar surface area (TPSA) is 31.9 Å². The predicted molar refractivity (Wildman–Crippen MR) is 60.4 cm³/mol. The molecule has 1 aliphatic heterocycles. The first kappa shape index (κ1) is 8.53. The Balaban J connectivity index is 2.06. The lowest BCUT2D eigenvalue weighted by Crippen LogP contribution is -2.24. The Hall–Kier alpha value is -1.77. The van der Waals surface area contributed by atoms with E-state index in [4.69, 9.17) is 0 Å². The molecule has 0 aliphatic carbocycles. The van der Waals surface area contributed by atoms with E-state index in [1.807, 2.05) is 6.20 Å². The minimum Gasteiger partial charge on any atom is -0.331 e. The van der Waals surface area contributed by atoms with Crippen molar-refractivity contribution >= 4 is 11.5 Å². The van der Waals surface area contributed by atoms with Crippen molar-refractivity contribution in [3.05, 3.63) is 42.4 Å². The third-order valence-corrected chi connectivity index (χ3v) is 2.88. The lowest BCUT2D eigenvalue weighted by atomic mass is 10.0. The number of nitrogens with one attached hydrogen (secondary N) is 1. The van der Waals surface area contributed by atoms with Gasteiger partial charge >= 0.3 is 0 Å². The molecular weight excluding hydrogens is 186 g/mol. The molecule has 0 bridgehead atoms. The number of benzene rings is 1. The summed E-state index contributed by atoms with van der Waals surface area (Å²) in [5, 5.41) is 0. The summed E-state index contributed by atoms with van der Waals surface area (Å²) < 4.78 is 0. The second-order valence-corrected chi connectivity index (χ2v) is 3.82. The van der Waals surface area contributed by atoms with Crippen LogP contribution in [0, 0.1) is 0 Å². The normalized spacial score (nSPS) is 15.1. The van der Waals surface area contributed by atoms with E-state index in [0.717, 1.165) is 12.4 Å². The number of para-hydroxylation sites is 1. The second-order valence-electron chi connectivity index (χ2n) is 3.82. The van der Waals surface area contributed by atoms with Gasteiger partial charge in [-0.25, -0.2) is 4.98 Å². The van der Waals surface area contributed by atoms with Gasteiger partial charge in [0.05, 0.1) is 12.5 Å². The highest BCUT2D eigenvalue weighted by molar-refractivity contribution is 5.64. The molecule has 76 valence electrons. The van der Waals surface area contributed by atoms with Crippen LogP contribution in [0.5, 0.6) is 0 Å². The van der Waals surface area contributed by atoms with Crippen molar-refractivity contribution in [2.24, 2.45) is 0 Å². The van der Waals surface area contributed by atoms with Crippen molar-refractivity contribution in [3.63, 3.8) is 0 Å². The number of anilines is 2. The number of fused-ring (bicyclic) bond motifs is 1. The molecule has 0 unspecified atom stereocenters. The molecule has 1 aliphatic rings. The quantitative estimate of drug-likeness (QED) is 0.765. The molecule has 3 nitrogen and oxygen atoms in total. The number of aromatic nitrogens is 2. The summed E-state index contributed by atoms with van der Waals surface area (Å²) in [4.78, 5) is 9.53. The Labute approximate surface area is 88.8 Å². The molecule has 1 aromatic carbocycles. The van der Waals surface area contributed by atoms with Crippen LogP contribution in [0.3, 0.4) is 0 Å². The maximum absolute atomic E-state index is 4.07. The Bertz CT molecular complexity index is 448. The minimum absolute atomic E-state index is 1.07. The van der Waals surface area contributed by atoms with Crippen molar-refractivity contribution in [2.45, 2.75) is 12.8 Å². The molecular formula is C12H13N3. The molecule has 0 saturated carbocycles. The summed E-state index contributed by atoms with van der Waals surface area (Å²) in [6.07, 6.45) is 5.99. The standard InChI is InChI=1S/C12H13N3/c1-2-6-11-10(4-1)5-3-7-15(11)12-8-13-9-14-12/h1-2,4,6,8-9H,3,5,7H2,(H,13,14). The van der Waals surface area contributed by atoms with Crippen LogP contribution in [0.2, 0.25) is 0 Å². The van der Waals surface area contributed by atoms with Gasteiger partial charge in [0.2, 0.25) is 0 Å². The minimum atomic E-state index is 1.07. The van der Waals surface area contributed by atoms with Gasteiger partial charge in [0, 0.05) is 12.2 Å². The van der Waals surface area contributed by atoms with E-state index >= 15 is 0 Å². The zero-order valence-corrected chi connectivity index (χ0v) is 8.48. The van der Waals surface area contributed by atoms with Crippen LogP contribution in [0.25, 0.3) is 0 Å². The highest BCUT2D eigenvalue weighted by Gasteiger charge is 2.17. The van der Waals surface area contributed by atoms with Crippen LogP contribution in [-0.4, -0.2) is 16.5 Å². The van der Waals surface area contributed by atoms with E-state index in [1.165, 1.54) is 24.1 Å². The molecule has 3 heteroatoms. The van der Waals surface area contributed by atoms with Crippen LogP contribution >= 0.6 is 0 Å². The Kier molecular flexibility index (Phi) is 1.95. The van der Waals surface area contributed by atoms with Crippen molar-refractivity contribution in [1.29, 1.82) is 0 Å². The summed E-state index contributed by atoms with van der Waals surface area (Å²) in [7, 11) is 0. The molecule has 0 spiro atoms. The maximum atomic E-state index is 4.07. The molecule has 0 amide bonds. The lowest BCUT2D eigenvalue weighted by molar-refractivity contribution is 0.761. The van der Waals surface area contributed by atoms with Gasteiger partial charge in [-0.1, -0.05) is 18.2 Å². The van der Waals surface area contributed by atoms with Gasteiger partial charge in [0.25, 0.3) is 0 Å². The van der Waals surface area contributed by atoms with Crippen LogP contribution in [0.4, 0.5) is 11.5 Å². The number of imidazole rings is 1. The monoisotopic (exact) mass is 199 g/mol. The summed E-state index contributed by atoms with van der Waals surface area (Å²) in [5.41, 5.74) is 2.74. The van der Waals surface area contributed by atoms with Crippen molar-refractivity contribution in [3.8, 4) is 0 Å². The molecule has 0 saturated heterocycles. The van der Waals surface area contributed by atoms with Crippen molar-refractivity contribution in [1.82, 2.24) is 9.97 Å². The summed E-state index contributed by atoms with van der Waals surface area (Å²) >= 11 is 0. The number of hydrogen-bond acceptors (Lipinski definition) is 2. The number of aryl methyl sites for hydroxylation is 1. The van der Waals surface area contributed by atoms with Crippen LogP contribution < -0.4 is 4.90 Å². The van der Waals surface area contributed by atoms with E-state index in [9.17, 15) is 0 Å². The fraction of sp³-hybridized carbons (Fsp3) is 0.250. The fourth-order valence-electron chi connectivity index (χ4n) is 2.18. The van der Waals surface area contributed by atoms with Gasteiger partial charge in [-0.05, 0) is 24.5 Å². The first-order chi connectivity index (χ1) is 7.45. The Morgan fingerprint density at radius 1 is 1.27 bits per heavy atom. The number of hydrogen-bond donors (Lipinski definition) is 1. The highest BCUT2D eigenvalue weighted by Crippen LogP contribution is 2.31. The molecule has 1 N–H and O–H groups in total. The second kappa shape index (κ2) is 3.42. The molecule has 15 heavy (non-hydrogen) atoms. The van der Waals surface area contributed by atoms with Gasteiger partial charge in [-0.3, -0.25) is 0 Å². The zero-order chi connectivity index (χ0) is 10.1. The van der Waals surface area contributed by atoms with Gasteiger partial charge in [0.1, 0.15) is 5.82 Å². The summed E-state index contributed by atoms with van der Waals surface area (Å²) in [6, 6.07) is 8.58. The largest absolute Gasteiger partial charge is 0.331 e. The molecule has 1 aromatic heterocycles. The molecule has 0 atom stereocenters.